The van der Waals surface area contributed by atoms with Gasteiger partial charge in [-0.05, 0) is 25.8 Å². The highest BCUT2D eigenvalue weighted by Gasteiger charge is 2.18. The van der Waals surface area contributed by atoms with Crippen molar-refractivity contribution < 1.29 is 0 Å². The van der Waals surface area contributed by atoms with E-state index in [1.165, 1.54) is 19.3 Å². The average Bonchev–Trinajstić information content (AvgIpc) is 2.47. The lowest BCUT2D eigenvalue weighted by atomic mass is 10.0. The van der Waals surface area contributed by atoms with Crippen molar-refractivity contribution in [1.82, 2.24) is 15.3 Å². The first-order valence-corrected chi connectivity index (χ1v) is 7.81. The van der Waals surface area contributed by atoms with Crippen molar-refractivity contribution in [3.8, 4) is 0 Å². The minimum atomic E-state index is -0.0513. The maximum Gasteiger partial charge on any atom is 0.252 e. The van der Waals surface area contributed by atoms with E-state index in [0.29, 0.717) is 6.04 Å². The van der Waals surface area contributed by atoms with Gasteiger partial charge in [-0.2, -0.15) is 0 Å². The summed E-state index contributed by atoms with van der Waals surface area (Å²) in [6.07, 6.45) is 5.59. The molecule has 0 spiro atoms. The predicted molar refractivity (Wildman–Crippen MR) is 82.4 cm³/mol. The van der Waals surface area contributed by atoms with Crippen LogP contribution in [0, 0.1) is 0 Å². The van der Waals surface area contributed by atoms with Gasteiger partial charge in [0, 0.05) is 31.6 Å². The van der Waals surface area contributed by atoms with Crippen molar-refractivity contribution in [2.45, 2.75) is 52.0 Å². The third-order valence-corrected chi connectivity index (χ3v) is 3.78. The van der Waals surface area contributed by atoms with Crippen LogP contribution in [-0.2, 0) is 6.42 Å². The number of nitrogens with zero attached hydrogens (tertiary/aromatic N) is 2. The number of aromatic nitrogens is 2. The highest BCUT2D eigenvalue weighted by Crippen LogP contribution is 2.14. The second kappa shape index (κ2) is 7.43. The Morgan fingerprint density at radius 1 is 1.40 bits per heavy atom. The Morgan fingerprint density at radius 2 is 2.25 bits per heavy atom. The molecule has 2 heterocycles. The molecule has 0 radical (unpaired) electrons. The van der Waals surface area contributed by atoms with Crippen LogP contribution in [0.15, 0.2) is 10.9 Å². The van der Waals surface area contributed by atoms with Crippen LogP contribution < -0.4 is 15.8 Å². The summed E-state index contributed by atoms with van der Waals surface area (Å²) in [5.41, 5.74) is -0.0513. The number of anilines is 1. The molecule has 0 aliphatic carbocycles. The van der Waals surface area contributed by atoms with E-state index in [2.05, 4.69) is 27.1 Å². The summed E-state index contributed by atoms with van der Waals surface area (Å²) in [5.74, 6) is 1.59. The fourth-order valence-corrected chi connectivity index (χ4v) is 2.74. The third kappa shape index (κ3) is 4.07. The molecule has 2 N–H and O–H groups in total. The molecule has 1 aliphatic rings. The van der Waals surface area contributed by atoms with Crippen LogP contribution in [-0.4, -0.2) is 35.6 Å². The van der Waals surface area contributed by atoms with Gasteiger partial charge in [0.05, 0.1) is 0 Å². The van der Waals surface area contributed by atoms with Crippen molar-refractivity contribution in [1.29, 1.82) is 0 Å². The highest BCUT2D eigenvalue weighted by atomic mass is 16.1. The predicted octanol–water partition coefficient (Wildman–Crippen LogP) is 1.69. The van der Waals surface area contributed by atoms with E-state index < -0.39 is 0 Å². The van der Waals surface area contributed by atoms with Crippen LogP contribution in [0.2, 0.25) is 0 Å². The van der Waals surface area contributed by atoms with Gasteiger partial charge in [-0.1, -0.05) is 20.3 Å². The van der Waals surface area contributed by atoms with E-state index in [0.717, 1.165) is 44.1 Å². The van der Waals surface area contributed by atoms with E-state index in [4.69, 9.17) is 0 Å². The molecule has 1 aliphatic heterocycles. The number of piperidine rings is 1. The molecule has 2 rings (SSSR count). The van der Waals surface area contributed by atoms with E-state index in [1.807, 2.05) is 6.92 Å². The summed E-state index contributed by atoms with van der Waals surface area (Å²) in [6.45, 7) is 7.16. The number of hydrogen-bond donors (Lipinski definition) is 2. The molecule has 0 amide bonds. The van der Waals surface area contributed by atoms with Gasteiger partial charge in [-0.15, -0.1) is 0 Å². The first kappa shape index (κ1) is 15.0. The summed E-state index contributed by atoms with van der Waals surface area (Å²) in [4.78, 5) is 21.3. The minimum Gasteiger partial charge on any atom is -0.355 e. The first-order valence-electron chi connectivity index (χ1n) is 7.81. The minimum absolute atomic E-state index is 0.0513. The summed E-state index contributed by atoms with van der Waals surface area (Å²) >= 11 is 0. The summed E-state index contributed by atoms with van der Waals surface area (Å²) in [6, 6.07) is 2.14. The van der Waals surface area contributed by atoms with Crippen LogP contribution in [0.25, 0.3) is 0 Å². The smallest absolute Gasteiger partial charge is 0.252 e. The lowest BCUT2D eigenvalue weighted by molar-refractivity contribution is 0.398. The van der Waals surface area contributed by atoms with Crippen LogP contribution in [0.4, 0.5) is 5.82 Å². The van der Waals surface area contributed by atoms with Gasteiger partial charge in [0.1, 0.15) is 11.6 Å². The van der Waals surface area contributed by atoms with Crippen molar-refractivity contribution >= 4 is 5.82 Å². The van der Waals surface area contributed by atoms with E-state index in [-0.39, 0.29) is 5.56 Å². The standard InChI is InChI=1S/C15H26N4O/c1-3-9-19(11-12-7-5-6-8-16-12)14-10-15(20)18-13(4-2)17-14/h10,12,16H,3-9,11H2,1-2H3,(H,17,18,20). The second-order valence-electron chi connectivity index (χ2n) is 5.50. The van der Waals surface area contributed by atoms with Crippen LogP contribution in [0.5, 0.6) is 0 Å². The van der Waals surface area contributed by atoms with Crippen molar-refractivity contribution in [2.24, 2.45) is 0 Å². The number of rotatable bonds is 6. The summed E-state index contributed by atoms with van der Waals surface area (Å²) < 4.78 is 0. The lowest BCUT2D eigenvalue weighted by Crippen LogP contribution is -2.44. The maximum absolute atomic E-state index is 11.7. The number of H-pyrrole nitrogens is 1. The molecule has 1 fully saturated rings. The Labute approximate surface area is 120 Å². The molecule has 1 saturated heterocycles. The Kier molecular flexibility index (Phi) is 5.59. The topological polar surface area (TPSA) is 61.0 Å². The van der Waals surface area contributed by atoms with E-state index >= 15 is 0 Å². The van der Waals surface area contributed by atoms with Gasteiger partial charge >= 0.3 is 0 Å². The van der Waals surface area contributed by atoms with E-state index in [9.17, 15) is 4.79 Å². The van der Waals surface area contributed by atoms with Gasteiger partial charge in [0.2, 0.25) is 0 Å². The average molecular weight is 278 g/mol. The zero-order valence-corrected chi connectivity index (χ0v) is 12.6. The van der Waals surface area contributed by atoms with Gasteiger partial charge in [0.25, 0.3) is 5.56 Å². The molecule has 20 heavy (non-hydrogen) atoms. The number of nitrogens with one attached hydrogen (secondary N) is 2. The fourth-order valence-electron chi connectivity index (χ4n) is 2.74. The molecular formula is C15H26N4O. The fraction of sp³-hybridized carbons (Fsp3) is 0.733. The molecule has 5 heteroatoms. The highest BCUT2D eigenvalue weighted by molar-refractivity contribution is 5.37. The molecular weight excluding hydrogens is 252 g/mol. The number of hydrogen-bond acceptors (Lipinski definition) is 4. The molecule has 5 nitrogen and oxygen atoms in total. The molecule has 1 atom stereocenters. The Balaban J connectivity index is 2.14. The molecule has 0 saturated carbocycles. The monoisotopic (exact) mass is 278 g/mol. The Hall–Kier alpha value is -1.36. The van der Waals surface area contributed by atoms with E-state index in [1.54, 1.807) is 6.07 Å². The third-order valence-electron chi connectivity index (χ3n) is 3.78. The van der Waals surface area contributed by atoms with Crippen LogP contribution in [0.3, 0.4) is 0 Å². The van der Waals surface area contributed by atoms with Gasteiger partial charge < -0.3 is 15.2 Å². The van der Waals surface area contributed by atoms with Crippen molar-refractivity contribution in [3.05, 3.63) is 22.2 Å². The zero-order valence-electron chi connectivity index (χ0n) is 12.6. The lowest BCUT2D eigenvalue weighted by Gasteiger charge is -2.31. The quantitative estimate of drug-likeness (QED) is 0.831. The van der Waals surface area contributed by atoms with Gasteiger partial charge in [-0.25, -0.2) is 4.98 Å². The summed E-state index contributed by atoms with van der Waals surface area (Å²) in [7, 11) is 0. The van der Waals surface area contributed by atoms with Gasteiger partial charge in [-0.3, -0.25) is 4.79 Å². The SMILES string of the molecule is CCCN(CC1CCCCN1)c1cc(=O)[nH]c(CC)n1. The molecule has 0 aromatic carbocycles. The van der Waals surface area contributed by atoms with Crippen molar-refractivity contribution in [2.75, 3.05) is 24.5 Å². The second-order valence-corrected chi connectivity index (χ2v) is 5.50. The molecule has 1 unspecified atom stereocenters. The molecule has 0 bridgehead atoms. The van der Waals surface area contributed by atoms with Crippen LogP contribution >= 0.6 is 0 Å². The van der Waals surface area contributed by atoms with Gasteiger partial charge in [0.15, 0.2) is 0 Å². The molecule has 1 aromatic heterocycles. The number of aromatic amines is 1. The first-order chi connectivity index (χ1) is 9.72. The largest absolute Gasteiger partial charge is 0.355 e. The maximum atomic E-state index is 11.7. The van der Waals surface area contributed by atoms with Crippen molar-refractivity contribution in [3.63, 3.8) is 0 Å². The Bertz CT molecular complexity index is 465. The molecule has 1 aromatic rings. The zero-order chi connectivity index (χ0) is 14.4. The normalized spacial score (nSPS) is 19.0. The number of aryl methyl sites for hydroxylation is 1. The van der Waals surface area contributed by atoms with Crippen LogP contribution in [0.1, 0.15) is 45.4 Å². The molecule has 112 valence electrons. The summed E-state index contributed by atoms with van der Waals surface area (Å²) in [5, 5.41) is 3.57. The Morgan fingerprint density at radius 3 is 2.90 bits per heavy atom.